The van der Waals surface area contributed by atoms with E-state index in [-0.39, 0.29) is 10.8 Å². The molecule has 1 heterocycles. The second-order valence-electron chi connectivity index (χ2n) is 3.15. The summed E-state index contributed by atoms with van der Waals surface area (Å²) in [7, 11) is 0. The van der Waals surface area contributed by atoms with Gasteiger partial charge in [0.1, 0.15) is 5.02 Å². The number of benzene rings is 1. The summed E-state index contributed by atoms with van der Waals surface area (Å²) in [5.74, 6) is 0.258. The highest BCUT2D eigenvalue weighted by atomic mass is 35.5. The first-order valence-electron chi connectivity index (χ1n) is 4.53. The maximum atomic E-state index is 11.2. The molecule has 2 rings (SSSR count). The minimum atomic E-state index is -0.413. The van der Waals surface area contributed by atoms with Crippen molar-refractivity contribution in [2.75, 3.05) is 5.32 Å². The van der Waals surface area contributed by atoms with Crippen LogP contribution in [-0.4, -0.2) is 9.97 Å². The maximum absolute atomic E-state index is 11.2. The van der Waals surface area contributed by atoms with Gasteiger partial charge in [-0.2, -0.15) is 0 Å². The molecule has 0 aliphatic carbocycles. The first kappa shape index (κ1) is 12.2. The van der Waals surface area contributed by atoms with Crippen LogP contribution < -0.4 is 10.9 Å². The van der Waals surface area contributed by atoms with Crippen LogP contribution in [0.25, 0.3) is 0 Å². The number of aromatic amines is 1. The monoisotopic (exact) mass is 289 g/mol. The van der Waals surface area contributed by atoms with Crippen LogP contribution in [0.1, 0.15) is 0 Å². The standard InChI is InChI=1S/C10H6Cl3N3O/c11-6-2-1-5(3-7(6)12)16-9-8(13)10(17)15-4-14-9/h1-4H,(H2,14,15,16,17). The average Bonchev–Trinajstić information content (AvgIpc) is 2.30. The van der Waals surface area contributed by atoms with E-state index in [0.29, 0.717) is 15.7 Å². The number of anilines is 2. The van der Waals surface area contributed by atoms with E-state index in [1.54, 1.807) is 18.2 Å². The van der Waals surface area contributed by atoms with Crippen molar-refractivity contribution in [3.05, 3.63) is 49.9 Å². The molecule has 0 saturated carbocycles. The Labute approximate surface area is 112 Å². The van der Waals surface area contributed by atoms with Gasteiger partial charge >= 0.3 is 0 Å². The number of halogens is 3. The Hall–Kier alpha value is -1.23. The van der Waals surface area contributed by atoms with Crippen LogP contribution in [0.3, 0.4) is 0 Å². The Morgan fingerprint density at radius 1 is 1.18 bits per heavy atom. The molecule has 88 valence electrons. The van der Waals surface area contributed by atoms with Crippen LogP contribution in [-0.2, 0) is 0 Å². The fourth-order valence-electron chi connectivity index (χ4n) is 1.18. The average molecular weight is 291 g/mol. The maximum Gasteiger partial charge on any atom is 0.271 e. The third-order valence-corrected chi connectivity index (χ3v) is 3.07. The summed E-state index contributed by atoms with van der Waals surface area (Å²) >= 11 is 17.4. The quantitative estimate of drug-likeness (QED) is 0.890. The van der Waals surface area contributed by atoms with Crippen molar-refractivity contribution in [3.8, 4) is 0 Å². The fraction of sp³-hybridized carbons (Fsp3) is 0. The molecule has 2 N–H and O–H groups in total. The van der Waals surface area contributed by atoms with E-state index < -0.39 is 5.56 Å². The molecular formula is C10H6Cl3N3O. The molecular weight excluding hydrogens is 284 g/mol. The number of nitrogens with zero attached hydrogens (tertiary/aromatic N) is 1. The Morgan fingerprint density at radius 2 is 1.94 bits per heavy atom. The zero-order valence-corrected chi connectivity index (χ0v) is 10.6. The van der Waals surface area contributed by atoms with Gasteiger partial charge < -0.3 is 10.3 Å². The molecule has 0 amide bonds. The van der Waals surface area contributed by atoms with Gasteiger partial charge in [-0.15, -0.1) is 0 Å². The smallest absolute Gasteiger partial charge is 0.271 e. The highest BCUT2D eigenvalue weighted by Crippen LogP contribution is 2.27. The van der Waals surface area contributed by atoms with E-state index in [4.69, 9.17) is 34.8 Å². The predicted octanol–water partition coefficient (Wildman–Crippen LogP) is 3.47. The highest BCUT2D eigenvalue weighted by Gasteiger charge is 2.06. The number of hydrogen-bond acceptors (Lipinski definition) is 3. The van der Waals surface area contributed by atoms with Gasteiger partial charge in [-0.1, -0.05) is 34.8 Å². The molecule has 1 aromatic carbocycles. The molecule has 17 heavy (non-hydrogen) atoms. The van der Waals surface area contributed by atoms with Crippen molar-refractivity contribution >= 4 is 46.3 Å². The summed E-state index contributed by atoms with van der Waals surface area (Å²) < 4.78 is 0. The number of aromatic nitrogens is 2. The van der Waals surface area contributed by atoms with E-state index >= 15 is 0 Å². The van der Waals surface area contributed by atoms with Crippen LogP contribution in [0, 0.1) is 0 Å². The normalized spacial score (nSPS) is 10.3. The number of H-pyrrole nitrogens is 1. The van der Waals surface area contributed by atoms with Crippen molar-refractivity contribution in [3.63, 3.8) is 0 Å². The summed E-state index contributed by atoms with van der Waals surface area (Å²) in [6, 6.07) is 4.95. The third kappa shape index (κ3) is 2.72. The molecule has 4 nitrogen and oxygen atoms in total. The van der Waals surface area contributed by atoms with Gasteiger partial charge in [0.05, 0.1) is 16.4 Å². The summed E-state index contributed by atoms with van der Waals surface area (Å²) in [4.78, 5) is 17.5. The van der Waals surface area contributed by atoms with E-state index in [9.17, 15) is 4.79 Å². The Bertz CT molecular complexity index is 612. The Kier molecular flexibility index (Phi) is 3.57. The summed E-state index contributed by atoms with van der Waals surface area (Å²) in [6.45, 7) is 0. The topological polar surface area (TPSA) is 57.8 Å². The van der Waals surface area contributed by atoms with Crippen LogP contribution in [0.2, 0.25) is 15.1 Å². The predicted molar refractivity (Wildman–Crippen MR) is 69.6 cm³/mol. The van der Waals surface area contributed by atoms with Crippen molar-refractivity contribution < 1.29 is 0 Å². The van der Waals surface area contributed by atoms with Gasteiger partial charge in [0.25, 0.3) is 5.56 Å². The Balaban J connectivity index is 2.35. The molecule has 0 aliphatic rings. The number of nitrogens with one attached hydrogen (secondary N) is 2. The molecule has 0 fully saturated rings. The van der Waals surface area contributed by atoms with Crippen LogP contribution in [0.15, 0.2) is 29.3 Å². The second kappa shape index (κ2) is 4.96. The zero-order valence-electron chi connectivity index (χ0n) is 8.30. The minimum Gasteiger partial charge on any atom is -0.339 e. The SMILES string of the molecule is O=c1[nH]cnc(Nc2ccc(Cl)c(Cl)c2)c1Cl. The first-order valence-corrected chi connectivity index (χ1v) is 5.66. The van der Waals surface area contributed by atoms with E-state index in [1.807, 2.05) is 0 Å². The zero-order chi connectivity index (χ0) is 12.4. The van der Waals surface area contributed by atoms with E-state index in [2.05, 4.69) is 15.3 Å². The van der Waals surface area contributed by atoms with E-state index in [1.165, 1.54) is 6.33 Å². The van der Waals surface area contributed by atoms with Gasteiger partial charge in [-0.3, -0.25) is 4.79 Å². The number of hydrogen-bond donors (Lipinski definition) is 2. The lowest BCUT2D eigenvalue weighted by Gasteiger charge is -2.07. The molecule has 0 radical (unpaired) electrons. The van der Waals surface area contributed by atoms with Gasteiger partial charge in [0.15, 0.2) is 5.82 Å². The lowest BCUT2D eigenvalue weighted by molar-refractivity contribution is 1.12. The van der Waals surface area contributed by atoms with Gasteiger partial charge in [-0.25, -0.2) is 4.98 Å². The Morgan fingerprint density at radius 3 is 2.65 bits per heavy atom. The molecule has 2 aromatic rings. The summed E-state index contributed by atoms with van der Waals surface area (Å²) in [5, 5.41) is 3.71. The fourth-order valence-corrected chi connectivity index (χ4v) is 1.63. The van der Waals surface area contributed by atoms with Gasteiger partial charge in [0, 0.05) is 5.69 Å². The molecule has 1 aromatic heterocycles. The molecule has 7 heteroatoms. The second-order valence-corrected chi connectivity index (χ2v) is 4.34. The first-order chi connectivity index (χ1) is 8.08. The van der Waals surface area contributed by atoms with Crippen molar-refractivity contribution in [1.29, 1.82) is 0 Å². The van der Waals surface area contributed by atoms with Crippen molar-refractivity contribution in [1.82, 2.24) is 9.97 Å². The molecule has 0 bridgehead atoms. The molecule has 0 unspecified atom stereocenters. The lowest BCUT2D eigenvalue weighted by atomic mass is 10.3. The highest BCUT2D eigenvalue weighted by molar-refractivity contribution is 6.42. The molecule has 0 spiro atoms. The third-order valence-electron chi connectivity index (χ3n) is 1.98. The summed E-state index contributed by atoms with van der Waals surface area (Å²) in [6.07, 6.45) is 1.26. The van der Waals surface area contributed by atoms with Crippen molar-refractivity contribution in [2.45, 2.75) is 0 Å². The van der Waals surface area contributed by atoms with Crippen LogP contribution in [0.4, 0.5) is 11.5 Å². The number of rotatable bonds is 2. The molecule has 0 atom stereocenters. The lowest BCUT2D eigenvalue weighted by Crippen LogP contribution is -2.09. The van der Waals surface area contributed by atoms with Crippen LogP contribution in [0.5, 0.6) is 0 Å². The largest absolute Gasteiger partial charge is 0.339 e. The van der Waals surface area contributed by atoms with E-state index in [0.717, 1.165) is 0 Å². The minimum absolute atomic E-state index is 0.0152. The summed E-state index contributed by atoms with van der Waals surface area (Å²) in [5.41, 5.74) is 0.226. The molecule has 0 saturated heterocycles. The van der Waals surface area contributed by atoms with Crippen LogP contribution >= 0.6 is 34.8 Å². The van der Waals surface area contributed by atoms with Gasteiger partial charge in [0.2, 0.25) is 0 Å². The molecule has 0 aliphatic heterocycles. The van der Waals surface area contributed by atoms with Gasteiger partial charge in [-0.05, 0) is 18.2 Å². The van der Waals surface area contributed by atoms with Crippen molar-refractivity contribution in [2.24, 2.45) is 0 Å².